The average Bonchev–Trinajstić information content (AvgIpc) is 2.40. The second kappa shape index (κ2) is 5.74. The van der Waals surface area contributed by atoms with Crippen LogP contribution >= 0.6 is 0 Å². The van der Waals surface area contributed by atoms with Crippen molar-refractivity contribution in [3.05, 3.63) is 45.3 Å². The summed E-state index contributed by atoms with van der Waals surface area (Å²) in [6, 6.07) is 4.73. The van der Waals surface area contributed by atoms with Crippen LogP contribution in [0.2, 0.25) is 0 Å². The first-order valence-corrected chi connectivity index (χ1v) is 6.47. The van der Waals surface area contributed by atoms with Gasteiger partial charge in [-0.3, -0.25) is 10.1 Å². The molecular formula is C14H16N4O3. The number of benzene rings is 1. The van der Waals surface area contributed by atoms with Gasteiger partial charge in [-0.15, -0.1) is 0 Å². The van der Waals surface area contributed by atoms with Crippen LogP contribution in [0.15, 0.2) is 18.2 Å². The van der Waals surface area contributed by atoms with E-state index in [0.717, 1.165) is 5.56 Å². The number of hydrogen-bond acceptors (Lipinski definition) is 6. The maximum Gasteiger partial charge on any atom is 0.312 e. The highest BCUT2D eigenvalue weighted by molar-refractivity contribution is 5.55. The van der Waals surface area contributed by atoms with E-state index in [1.807, 2.05) is 13.0 Å². The van der Waals surface area contributed by atoms with E-state index in [4.69, 9.17) is 10.5 Å². The fraction of sp³-hybridized carbons (Fsp3) is 0.286. The molecule has 0 atom stereocenters. The summed E-state index contributed by atoms with van der Waals surface area (Å²) in [7, 11) is 0. The zero-order valence-corrected chi connectivity index (χ0v) is 12.1. The van der Waals surface area contributed by atoms with E-state index in [9.17, 15) is 10.1 Å². The fourth-order valence-corrected chi connectivity index (χ4v) is 2.01. The molecule has 0 saturated carbocycles. The van der Waals surface area contributed by atoms with E-state index in [1.54, 1.807) is 13.8 Å². The molecule has 0 saturated heterocycles. The van der Waals surface area contributed by atoms with Crippen molar-refractivity contribution >= 4 is 11.5 Å². The van der Waals surface area contributed by atoms with Gasteiger partial charge in [0.2, 0.25) is 11.6 Å². The summed E-state index contributed by atoms with van der Waals surface area (Å²) >= 11 is 0. The maximum atomic E-state index is 11.2. The number of hydrogen-bond donors (Lipinski definition) is 1. The van der Waals surface area contributed by atoms with Crippen LogP contribution in [0.1, 0.15) is 23.9 Å². The molecule has 21 heavy (non-hydrogen) atoms. The number of ether oxygens (including phenoxy) is 1. The Morgan fingerprint density at radius 2 is 2.00 bits per heavy atom. The molecular weight excluding hydrogens is 272 g/mol. The Kier molecular flexibility index (Phi) is 4.02. The smallest absolute Gasteiger partial charge is 0.312 e. The lowest BCUT2D eigenvalue weighted by molar-refractivity contribution is -0.385. The van der Waals surface area contributed by atoms with Gasteiger partial charge in [0.15, 0.2) is 0 Å². The lowest BCUT2D eigenvalue weighted by Gasteiger charge is -2.10. The SMILES string of the molecule is CCc1nc(N)cc(Oc2c(C)cc(C)cc2[N+](=O)[O-])n1. The Balaban J connectivity index is 2.48. The molecule has 2 aromatic rings. The molecule has 110 valence electrons. The largest absolute Gasteiger partial charge is 0.431 e. The summed E-state index contributed by atoms with van der Waals surface area (Å²) in [6.07, 6.45) is 0.594. The van der Waals surface area contributed by atoms with Gasteiger partial charge in [-0.05, 0) is 25.0 Å². The van der Waals surface area contributed by atoms with Crippen LogP contribution < -0.4 is 10.5 Å². The minimum Gasteiger partial charge on any atom is -0.431 e. The van der Waals surface area contributed by atoms with Gasteiger partial charge in [0.25, 0.3) is 0 Å². The van der Waals surface area contributed by atoms with Crippen LogP contribution in [0.5, 0.6) is 11.6 Å². The normalized spacial score (nSPS) is 10.4. The number of nitrogens with two attached hydrogens (primary N) is 1. The lowest BCUT2D eigenvalue weighted by atomic mass is 10.1. The monoisotopic (exact) mass is 288 g/mol. The summed E-state index contributed by atoms with van der Waals surface area (Å²) in [5.74, 6) is 1.17. The molecule has 0 spiro atoms. The molecule has 0 amide bonds. The Labute approximate surface area is 121 Å². The van der Waals surface area contributed by atoms with E-state index < -0.39 is 4.92 Å². The Morgan fingerprint density at radius 3 is 2.62 bits per heavy atom. The van der Waals surface area contributed by atoms with Crippen LogP contribution in [0.25, 0.3) is 0 Å². The first-order chi connectivity index (χ1) is 9.90. The van der Waals surface area contributed by atoms with Gasteiger partial charge in [0, 0.05) is 18.6 Å². The highest BCUT2D eigenvalue weighted by atomic mass is 16.6. The molecule has 2 N–H and O–H groups in total. The number of nitro groups is 1. The summed E-state index contributed by atoms with van der Waals surface area (Å²) < 4.78 is 5.61. The molecule has 0 radical (unpaired) electrons. The van der Waals surface area contributed by atoms with Crippen molar-refractivity contribution in [2.24, 2.45) is 0 Å². The quantitative estimate of drug-likeness (QED) is 0.685. The molecule has 0 unspecified atom stereocenters. The molecule has 0 aliphatic heterocycles. The molecule has 2 rings (SSSR count). The van der Waals surface area contributed by atoms with Gasteiger partial charge < -0.3 is 10.5 Å². The third-order valence-corrected chi connectivity index (χ3v) is 2.89. The van der Waals surface area contributed by atoms with Gasteiger partial charge in [-0.1, -0.05) is 13.0 Å². The Bertz CT molecular complexity index is 701. The van der Waals surface area contributed by atoms with E-state index in [1.165, 1.54) is 12.1 Å². The summed E-state index contributed by atoms with van der Waals surface area (Å²) in [5, 5.41) is 11.2. The minimum atomic E-state index is -0.472. The third-order valence-electron chi connectivity index (χ3n) is 2.89. The van der Waals surface area contributed by atoms with E-state index >= 15 is 0 Å². The number of nitrogen functional groups attached to an aromatic ring is 1. The summed E-state index contributed by atoms with van der Waals surface area (Å²) in [5.41, 5.74) is 7.05. The van der Waals surface area contributed by atoms with Crippen LogP contribution in [0, 0.1) is 24.0 Å². The van der Waals surface area contributed by atoms with Gasteiger partial charge in [-0.25, -0.2) is 4.98 Å². The number of nitro benzene ring substituents is 1. The van der Waals surface area contributed by atoms with Crippen LogP contribution in [-0.4, -0.2) is 14.9 Å². The predicted molar refractivity (Wildman–Crippen MR) is 78.5 cm³/mol. The number of aryl methyl sites for hydroxylation is 3. The summed E-state index contributed by atoms with van der Waals surface area (Å²) in [4.78, 5) is 18.9. The molecule has 0 fully saturated rings. The number of rotatable bonds is 4. The van der Waals surface area contributed by atoms with Gasteiger partial charge in [0.05, 0.1) is 4.92 Å². The molecule has 0 aliphatic carbocycles. The fourth-order valence-electron chi connectivity index (χ4n) is 2.01. The van der Waals surface area contributed by atoms with Crippen molar-refractivity contribution in [3.63, 3.8) is 0 Å². The van der Waals surface area contributed by atoms with Crippen LogP contribution in [-0.2, 0) is 6.42 Å². The molecule has 7 nitrogen and oxygen atoms in total. The molecule has 1 heterocycles. The van der Waals surface area contributed by atoms with Crippen LogP contribution in [0.3, 0.4) is 0 Å². The minimum absolute atomic E-state index is 0.0947. The van der Waals surface area contributed by atoms with Crippen molar-refractivity contribution < 1.29 is 9.66 Å². The van der Waals surface area contributed by atoms with E-state index in [0.29, 0.717) is 17.8 Å². The number of nitrogens with zero attached hydrogens (tertiary/aromatic N) is 3. The number of aromatic nitrogens is 2. The molecule has 1 aromatic carbocycles. The predicted octanol–water partition coefficient (Wildman–Crippen LogP) is 2.94. The molecule has 0 bridgehead atoms. The maximum absolute atomic E-state index is 11.2. The topological polar surface area (TPSA) is 104 Å². The Morgan fingerprint density at radius 1 is 1.29 bits per heavy atom. The molecule has 7 heteroatoms. The van der Waals surface area contributed by atoms with Gasteiger partial charge >= 0.3 is 5.69 Å². The Hall–Kier alpha value is -2.70. The average molecular weight is 288 g/mol. The highest BCUT2D eigenvalue weighted by Crippen LogP contribution is 2.35. The first-order valence-electron chi connectivity index (χ1n) is 6.47. The highest BCUT2D eigenvalue weighted by Gasteiger charge is 2.20. The van der Waals surface area contributed by atoms with E-state index in [-0.39, 0.29) is 23.1 Å². The second-order valence-corrected chi connectivity index (χ2v) is 4.69. The zero-order valence-electron chi connectivity index (χ0n) is 12.1. The van der Waals surface area contributed by atoms with Crippen molar-refractivity contribution in [3.8, 4) is 11.6 Å². The van der Waals surface area contributed by atoms with Crippen molar-refractivity contribution in [2.75, 3.05) is 5.73 Å². The first kappa shape index (κ1) is 14.7. The second-order valence-electron chi connectivity index (χ2n) is 4.69. The van der Waals surface area contributed by atoms with Crippen LogP contribution in [0.4, 0.5) is 11.5 Å². The number of anilines is 1. The zero-order chi connectivity index (χ0) is 15.6. The van der Waals surface area contributed by atoms with Gasteiger partial charge in [0.1, 0.15) is 11.6 Å². The third kappa shape index (κ3) is 3.25. The van der Waals surface area contributed by atoms with Crippen molar-refractivity contribution in [2.45, 2.75) is 27.2 Å². The van der Waals surface area contributed by atoms with E-state index in [2.05, 4.69) is 9.97 Å². The standard InChI is InChI=1S/C14H16N4O3/c1-4-12-16-11(15)7-13(17-12)21-14-9(3)5-8(2)6-10(14)18(19)20/h5-7H,4H2,1-3H3,(H2,15,16,17). The van der Waals surface area contributed by atoms with Crippen molar-refractivity contribution in [1.82, 2.24) is 9.97 Å². The van der Waals surface area contributed by atoms with Gasteiger partial charge in [-0.2, -0.15) is 4.98 Å². The van der Waals surface area contributed by atoms with Crippen molar-refractivity contribution in [1.29, 1.82) is 0 Å². The summed E-state index contributed by atoms with van der Waals surface area (Å²) in [6.45, 7) is 5.43. The lowest BCUT2D eigenvalue weighted by Crippen LogP contribution is -2.02. The molecule has 0 aliphatic rings. The molecule has 1 aromatic heterocycles.